The number of carboxylic acid groups (broad SMARTS) is 1. The molecule has 306 valence electrons. The predicted octanol–water partition coefficient (Wildman–Crippen LogP) is 0.255. The van der Waals surface area contributed by atoms with Crippen LogP contribution in [-0.2, 0) is 47.1 Å². The molecule has 0 bridgehead atoms. The molecule has 2 aliphatic rings. The second-order valence-corrected chi connectivity index (χ2v) is 16.9. The van der Waals surface area contributed by atoms with E-state index in [1.54, 1.807) is 53.3 Å². The van der Waals surface area contributed by atoms with E-state index in [1.165, 1.54) is 36.5 Å². The summed E-state index contributed by atoms with van der Waals surface area (Å²) in [5.41, 5.74) is 8.64. The molecule has 4 rings (SSSR count). The molecule has 2 atom stereocenters. The zero-order chi connectivity index (χ0) is 41.9. The standard InChI is InChI=1S/C32H46N12O10S2/c1-30(2,3)52-26(49)32(7,8)54-40-17(21-39-27(34)56-41-21)22(45)38-18-23(46)44-19(25(47)48)15(14-55-24(18)44)12-43-13-16(20(33)42(43)9)37-28(50)35-10-11-36-29(51)53-31(4,5)6/h13,18,24,33H,10-12,14H2,1-9H3,(H7,34,35,36,37,38,39,41,45,47,48,50,51)/p+1/t18-,24-/m1/s1. The number of amides is 5. The summed E-state index contributed by atoms with van der Waals surface area (Å²) in [5, 5.41) is 23.6. The number of rotatable bonds is 13. The van der Waals surface area contributed by atoms with E-state index in [2.05, 4.69) is 35.8 Å². The highest BCUT2D eigenvalue weighted by atomic mass is 32.2. The van der Waals surface area contributed by atoms with Gasteiger partial charge < -0.3 is 46.8 Å². The maximum Gasteiger partial charge on any atom is 0.407 e. The normalized spacial score (nSPS) is 17.3. The fourth-order valence-electron chi connectivity index (χ4n) is 5.01. The SMILES string of the molecule is Cn1c(N)c(NC(=O)NCCNC(=O)OC(C)(C)C)c[n+]1CC1=C(C(=O)O)N2C(=O)[C@@H](NC(=O)C(=NOC(C)(C)C(=O)OC(C)(C)C)c3nsc(N)n3)[C@H]2SC1. The number of nitrogens with one attached hydrogen (secondary N) is 4. The number of hydrogen-bond acceptors (Lipinski definition) is 16. The zero-order valence-corrected chi connectivity index (χ0v) is 34.0. The van der Waals surface area contributed by atoms with Crippen LogP contribution < -0.4 is 37.4 Å². The van der Waals surface area contributed by atoms with Crippen LogP contribution in [0.3, 0.4) is 0 Å². The van der Waals surface area contributed by atoms with E-state index in [4.69, 9.17) is 25.8 Å². The van der Waals surface area contributed by atoms with E-state index >= 15 is 0 Å². The number of oxime groups is 1. The van der Waals surface area contributed by atoms with Crippen LogP contribution in [-0.4, -0.2) is 113 Å². The number of nitrogens with zero attached hydrogens (tertiary/aromatic N) is 6. The maximum absolute atomic E-state index is 13.6. The summed E-state index contributed by atoms with van der Waals surface area (Å²) in [6.45, 7) is 13.1. The number of hydrogen-bond donors (Lipinski definition) is 7. The summed E-state index contributed by atoms with van der Waals surface area (Å²) < 4.78 is 17.6. The number of carboxylic acids is 1. The quantitative estimate of drug-likeness (QED) is 0.0356. The molecule has 24 heteroatoms. The lowest BCUT2D eigenvalue weighted by Crippen LogP contribution is -2.71. The minimum Gasteiger partial charge on any atom is -0.477 e. The number of nitrogen functional groups attached to an aromatic ring is 2. The third-order valence-corrected chi connectivity index (χ3v) is 9.51. The number of aromatic nitrogens is 4. The monoisotopic (exact) mass is 823 g/mol. The minimum absolute atomic E-state index is 0.0121. The Hall–Kier alpha value is -5.65. The van der Waals surface area contributed by atoms with Gasteiger partial charge in [0.25, 0.3) is 11.8 Å². The molecule has 0 aliphatic carbocycles. The number of thioether (sulfide) groups is 1. The van der Waals surface area contributed by atoms with Gasteiger partial charge in [-0.05, 0) is 55.4 Å². The van der Waals surface area contributed by atoms with Crippen molar-refractivity contribution in [1.29, 1.82) is 0 Å². The first-order chi connectivity index (χ1) is 25.9. The highest BCUT2D eigenvalue weighted by Crippen LogP contribution is 2.40. The largest absolute Gasteiger partial charge is 0.477 e. The number of ether oxygens (including phenoxy) is 2. The number of anilines is 3. The number of nitrogens with two attached hydrogens (primary N) is 2. The Labute approximate surface area is 329 Å². The van der Waals surface area contributed by atoms with Crippen molar-refractivity contribution in [2.75, 3.05) is 35.6 Å². The fraction of sp³-hybridized carbons (Fsp3) is 0.562. The summed E-state index contributed by atoms with van der Waals surface area (Å²) in [6.07, 6.45) is 0.877. The van der Waals surface area contributed by atoms with Crippen LogP contribution in [0.25, 0.3) is 0 Å². The number of fused-ring (bicyclic) bond motifs is 1. The summed E-state index contributed by atoms with van der Waals surface area (Å²) in [5.74, 6) is -3.70. The van der Waals surface area contributed by atoms with E-state index in [0.29, 0.717) is 5.57 Å². The molecule has 56 heavy (non-hydrogen) atoms. The molecule has 1 fully saturated rings. The molecular weight excluding hydrogens is 777 g/mol. The molecule has 5 amide bonds. The summed E-state index contributed by atoms with van der Waals surface area (Å²) in [4.78, 5) is 87.3. The smallest absolute Gasteiger partial charge is 0.407 e. The van der Waals surface area contributed by atoms with Gasteiger partial charge in [0, 0.05) is 35.9 Å². The van der Waals surface area contributed by atoms with Gasteiger partial charge in [0.15, 0.2) is 23.2 Å². The molecule has 22 nitrogen and oxygen atoms in total. The third kappa shape index (κ3) is 10.6. The Bertz CT molecular complexity index is 1960. The lowest BCUT2D eigenvalue weighted by atomic mass is 10.0. The Morgan fingerprint density at radius 1 is 1.04 bits per heavy atom. The van der Waals surface area contributed by atoms with Crippen molar-refractivity contribution in [2.24, 2.45) is 12.2 Å². The second-order valence-electron chi connectivity index (χ2n) is 15.0. The van der Waals surface area contributed by atoms with Crippen molar-refractivity contribution in [3.05, 3.63) is 23.3 Å². The number of urea groups is 1. The lowest BCUT2D eigenvalue weighted by Gasteiger charge is -2.49. The molecule has 0 unspecified atom stereocenters. The van der Waals surface area contributed by atoms with Crippen LogP contribution in [0.1, 0.15) is 61.2 Å². The van der Waals surface area contributed by atoms with Crippen LogP contribution in [0.15, 0.2) is 22.6 Å². The molecule has 1 saturated heterocycles. The van der Waals surface area contributed by atoms with Crippen LogP contribution in [0.5, 0.6) is 0 Å². The van der Waals surface area contributed by atoms with Gasteiger partial charge in [0.2, 0.25) is 23.3 Å². The van der Waals surface area contributed by atoms with Crippen molar-refractivity contribution in [3.8, 4) is 0 Å². The van der Waals surface area contributed by atoms with Crippen molar-refractivity contribution in [3.63, 3.8) is 0 Å². The molecule has 2 aliphatic heterocycles. The molecule has 2 aromatic heterocycles. The lowest BCUT2D eigenvalue weighted by molar-refractivity contribution is -0.765. The van der Waals surface area contributed by atoms with Crippen molar-refractivity contribution >= 4 is 81.5 Å². The van der Waals surface area contributed by atoms with Crippen molar-refractivity contribution < 1.29 is 52.9 Å². The molecule has 0 saturated carbocycles. The maximum atomic E-state index is 13.6. The Kier molecular flexibility index (Phi) is 12.8. The number of esters is 1. The Morgan fingerprint density at radius 3 is 2.27 bits per heavy atom. The zero-order valence-electron chi connectivity index (χ0n) is 32.3. The molecule has 9 N–H and O–H groups in total. The van der Waals surface area contributed by atoms with Gasteiger partial charge in [-0.25, -0.2) is 19.2 Å². The van der Waals surface area contributed by atoms with Crippen LogP contribution in [0.4, 0.5) is 26.2 Å². The van der Waals surface area contributed by atoms with E-state index in [9.17, 15) is 33.9 Å². The number of carbonyl (C=O) groups is 6. The highest BCUT2D eigenvalue weighted by molar-refractivity contribution is 8.00. The Balaban J connectivity index is 1.44. The molecule has 0 radical (unpaired) electrons. The first-order valence-electron chi connectivity index (χ1n) is 17.0. The van der Waals surface area contributed by atoms with Gasteiger partial charge in [-0.3, -0.25) is 19.8 Å². The van der Waals surface area contributed by atoms with Gasteiger partial charge in [-0.1, -0.05) is 5.16 Å². The van der Waals surface area contributed by atoms with E-state index < -0.39 is 69.8 Å². The molecule has 4 heterocycles. The molecule has 0 spiro atoms. The first-order valence-corrected chi connectivity index (χ1v) is 18.9. The number of aliphatic carboxylic acids is 1. The predicted molar refractivity (Wildman–Crippen MR) is 203 cm³/mol. The van der Waals surface area contributed by atoms with Gasteiger partial charge in [-0.2, -0.15) is 9.36 Å². The third-order valence-electron chi connectivity index (χ3n) is 7.63. The van der Waals surface area contributed by atoms with Crippen LogP contribution in [0, 0.1) is 0 Å². The van der Waals surface area contributed by atoms with E-state index in [0.717, 1.165) is 16.4 Å². The van der Waals surface area contributed by atoms with Gasteiger partial charge in [-0.15, -0.1) is 21.1 Å². The summed E-state index contributed by atoms with van der Waals surface area (Å²) in [6, 6.07) is -1.78. The van der Waals surface area contributed by atoms with E-state index in [-0.39, 0.29) is 53.5 Å². The fourth-order valence-corrected chi connectivity index (χ4v) is 6.78. The average Bonchev–Trinajstić information content (AvgIpc) is 3.61. The number of β-lactam (4-membered cyclic amide) rings is 1. The minimum atomic E-state index is -1.65. The second kappa shape index (κ2) is 16.6. The van der Waals surface area contributed by atoms with Gasteiger partial charge >= 0.3 is 24.1 Å². The molecule has 2 aromatic rings. The average molecular weight is 824 g/mol. The number of alkyl carbamates (subject to hydrolysis) is 1. The van der Waals surface area contributed by atoms with Gasteiger partial charge in [0.05, 0.1) is 7.05 Å². The molecular formula is C32H47N12O10S2+. The first kappa shape index (κ1) is 43.1. The topological polar surface area (TPSA) is 301 Å². The summed E-state index contributed by atoms with van der Waals surface area (Å²) >= 11 is 1.99. The summed E-state index contributed by atoms with van der Waals surface area (Å²) in [7, 11) is 1.60. The van der Waals surface area contributed by atoms with E-state index in [1.807, 2.05) is 0 Å². The van der Waals surface area contributed by atoms with Crippen molar-refractivity contribution in [1.82, 2.24) is 34.9 Å². The van der Waals surface area contributed by atoms with Crippen LogP contribution in [0.2, 0.25) is 0 Å². The Morgan fingerprint density at radius 2 is 1.68 bits per heavy atom. The van der Waals surface area contributed by atoms with Gasteiger partial charge in [0.1, 0.15) is 28.3 Å². The number of carbonyl (C=O) groups excluding carboxylic acids is 5. The molecule has 0 aromatic carbocycles. The van der Waals surface area contributed by atoms with Crippen LogP contribution >= 0.6 is 23.3 Å². The highest BCUT2D eigenvalue weighted by Gasteiger charge is 2.55. The van der Waals surface area contributed by atoms with Crippen molar-refractivity contribution in [2.45, 2.75) is 90.2 Å².